The van der Waals surface area contributed by atoms with E-state index < -0.39 is 0 Å². The van der Waals surface area contributed by atoms with Gasteiger partial charge in [0.2, 0.25) is 0 Å². The first-order chi connectivity index (χ1) is 8.79. The van der Waals surface area contributed by atoms with Crippen molar-refractivity contribution < 1.29 is 4.42 Å². The van der Waals surface area contributed by atoms with Crippen LogP contribution in [-0.4, -0.2) is 0 Å². The van der Waals surface area contributed by atoms with E-state index in [1.807, 2.05) is 36.4 Å². The Morgan fingerprint density at radius 2 is 1.83 bits per heavy atom. The predicted octanol–water partition coefficient (Wildman–Crippen LogP) is 5.32. The van der Waals surface area contributed by atoms with E-state index in [9.17, 15) is 0 Å². The number of furan rings is 1. The maximum absolute atomic E-state index is 6.43. The van der Waals surface area contributed by atoms with Crippen LogP contribution in [-0.2, 0) is 6.42 Å². The fourth-order valence-electron chi connectivity index (χ4n) is 2.11. The van der Waals surface area contributed by atoms with Crippen LogP contribution in [0.25, 0.3) is 22.3 Å². The van der Waals surface area contributed by atoms with Gasteiger partial charge in [-0.1, -0.05) is 54.9 Å². The quantitative estimate of drug-likeness (QED) is 0.605. The lowest BCUT2D eigenvalue weighted by atomic mass is 10.1. The first-order valence-corrected chi connectivity index (χ1v) is 6.43. The Hall–Kier alpha value is -1.73. The van der Waals surface area contributed by atoms with Crippen molar-refractivity contribution in [1.29, 1.82) is 0 Å². The van der Waals surface area contributed by atoms with Crippen LogP contribution in [0.15, 0.2) is 52.9 Å². The number of hydrogen-bond acceptors (Lipinski definition) is 1. The molecule has 0 saturated carbocycles. The lowest BCUT2D eigenvalue weighted by molar-refractivity contribution is 0.631. The second-order valence-corrected chi connectivity index (χ2v) is 4.67. The molecule has 0 spiro atoms. The van der Waals surface area contributed by atoms with E-state index in [4.69, 9.17) is 16.0 Å². The largest absolute Gasteiger partial charge is 0.454 e. The molecule has 0 amide bonds. The van der Waals surface area contributed by atoms with Crippen LogP contribution in [0, 0.1) is 0 Å². The summed E-state index contributed by atoms with van der Waals surface area (Å²) < 4.78 is 5.85. The normalized spacial score (nSPS) is 11.0. The summed E-state index contributed by atoms with van der Waals surface area (Å²) in [6.45, 7) is 2.13. The van der Waals surface area contributed by atoms with Crippen LogP contribution >= 0.6 is 11.6 Å². The number of aryl methyl sites for hydroxylation is 1. The molecule has 3 aromatic rings. The third kappa shape index (κ3) is 1.81. The SMILES string of the molecule is CCc1ccc2oc(-c3ccccc3)c(Cl)c2c1. The molecule has 2 aromatic carbocycles. The van der Waals surface area contributed by atoms with Gasteiger partial charge in [0, 0.05) is 10.9 Å². The van der Waals surface area contributed by atoms with Crippen molar-refractivity contribution in [3.05, 3.63) is 59.1 Å². The lowest BCUT2D eigenvalue weighted by Gasteiger charge is -1.96. The monoisotopic (exact) mass is 256 g/mol. The van der Waals surface area contributed by atoms with Crippen molar-refractivity contribution in [1.82, 2.24) is 0 Å². The van der Waals surface area contributed by atoms with Gasteiger partial charge in [-0.3, -0.25) is 0 Å². The van der Waals surface area contributed by atoms with E-state index in [0.717, 1.165) is 28.7 Å². The molecule has 0 saturated heterocycles. The number of halogens is 1. The van der Waals surface area contributed by atoms with Gasteiger partial charge >= 0.3 is 0 Å². The average Bonchev–Trinajstić information content (AvgIpc) is 2.77. The molecule has 0 bridgehead atoms. The summed E-state index contributed by atoms with van der Waals surface area (Å²) in [7, 11) is 0. The van der Waals surface area contributed by atoms with Gasteiger partial charge in [-0.2, -0.15) is 0 Å². The number of rotatable bonds is 2. The maximum Gasteiger partial charge on any atom is 0.154 e. The molecule has 0 aliphatic heterocycles. The minimum Gasteiger partial charge on any atom is -0.454 e. The Morgan fingerprint density at radius 3 is 2.56 bits per heavy atom. The molecular formula is C16H13ClO. The van der Waals surface area contributed by atoms with E-state index in [-0.39, 0.29) is 0 Å². The highest BCUT2D eigenvalue weighted by Crippen LogP contribution is 2.37. The minimum atomic E-state index is 0.700. The van der Waals surface area contributed by atoms with Crippen LogP contribution in [0.1, 0.15) is 12.5 Å². The van der Waals surface area contributed by atoms with E-state index in [1.165, 1.54) is 5.56 Å². The standard InChI is InChI=1S/C16H13ClO/c1-2-11-8-9-14-13(10-11)15(17)16(18-14)12-6-4-3-5-7-12/h3-10H,2H2,1H3. The topological polar surface area (TPSA) is 13.1 Å². The van der Waals surface area contributed by atoms with Gasteiger partial charge in [0.15, 0.2) is 5.76 Å². The molecule has 0 atom stereocenters. The molecule has 1 nitrogen and oxygen atoms in total. The summed E-state index contributed by atoms with van der Waals surface area (Å²) >= 11 is 6.43. The zero-order valence-electron chi connectivity index (χ0n) is 10.1. The Bertz CT molecular complexity index is 683. The van der Waals surface area contributed by atoms with Gasteiger partial charge in [-0.15, -0.1) is 0 Å². The summed E-state index contributed by atoms with van der Waals surface area (Å²) in [5.41, 5.74) is 3.12. The molecule has 0 N–H and O–H groups in total. The van der Waals surface area contributed by atoms with Crippen molar-refractivity contribution in [3.63, 3.8) is 0 Å². The molecule has 2 heteroatoms. The Balaban J connectivity index is 2.23. The first kappa shape index (κ1) is 11.4. The first-order valence-electron chi connectivity index (χ1n) is 6.06. The van der Waals surface area contributed by atoms with E-state index in [0.29, 0.717) is 5.02 Å². The van der Waals surface area contributed by atoms with Crippen LogP contribution in [0.2, 0.25) is 5.02 Å². The molecule has 0 radical (unpaired) electrons. The van der Waals surface area contributed by atoms with Crippen molar-refractivity contribution in [2.45, 2.75) is 13.3 Å². The third-order valence-electron chi connectivity index (χ3n) is 3.14. The molecule has 1 aromatic heterocycles. The van der Waals surface area contributed by atoms with E-state index in [2.05, 4.69) is 19.1 Å². The molecule has 0 aliphatic carbocycles. The van der Waals surface area contributed by atoms with Gasteiger partial charge < -0.3 is 4.42 Å². The van der Waals surface area contributed by atoms with Gasteiger partial charge in [0.1, 0.15) is 5.58 Å². The summed E-state index contributed by atoms with van der Waals surface area (Å²) in [4.78, 5) is 0. The van der Waals surface area contributed by atoms with E-state index >= 15 is 0 Å². The molecule has 0 aliphatic rings. The molecule has 0 unspecified atom stereocenters. The molecular weight excluding hydrogens is 244 g/mol. The summed E-state index contributed by atoms with van der Waals surface area (Å²) in [5.74, 6) is 0.750. The summed E-state index contributed by atoms with van der Waals surface area (Å²) in [6.07, 6.45) is 0.998. The Kier molecular flexibility index (Phi) is 2.85. The van der Waals surface area contributed by atoms with Gasteiger partial charge in [0.05, 0.1) is 5.02 Å². The number of fused-ring (bicyclic) bond motifs is 1. The second-order valence-electron chi connectivity index (χ2n) is 4.30. The van der Waals surface area contributed by atoms with Gasteiger partial charge in [-0.05, 0) is 24.1 Å². The highest BCUT2D eigenvalue weighted by molar-refractivity contribution is 6.38. The summed E-state index contributed by atoms with van der Waals surface area (Å²) in [6, 6.07) is 16.1. The number of hydrogen-bond donors (Lipinski definition) is 0. The van der Waals surface area contributed by atoms with Gasteiger partial charge in [-0.25, -0.2) is 0 Å². The molecule has 3 rings (SSSR count). The average molecular weight is 257 g/mol. The zero-order chi connectivity index (χ0) is 12.5. The smallest absolute Gasteiger partial charge is 0.154 e. The number of benzene rings is 2. The van der Waals surface area contributed by atoms with Crippen molar-refractivity contribution >= 4 is 22.6 Å². The zero-order valence-corrected chi connectivity index (χ0v) is 10.9. The Morgan fingerprint density at radius 1 is 1.06 bits per heavy atom. The van der Waals surface area contributed by atoms with Crippen LogP contribution in [0.4, 0.5) is 0 Å². The van der Waals surface area contributed by atoms with E-state index in [1.54, 1.807) is 0 Å². The third-order valence-corrected chi connectivity index (χ3v) is 3.51. The second kappa shape index (κ2) is 4.51. The predicted molar refractivity (Wildman–Crippen MR) is 76.0 cm³/mol. The fraction of sp³-hybridized carbons (Fsp3) is 0.125. The van der Waals surface area contributed by atoms with Crippen molar-refractivity contribution in [3.8, 4) is 11.3 Å². The lowest BCUT2D eigenvalue weighted by Crippen LogP contribution is -1.77. The molecule has 90 valence electrons. The minimum absolute atomic E-state index is 0.700. The fourth-order valence-corrected chi connectivity index (χ4v) is 2.41. The van der Waals surface area contributed by atoms with Crippen LogP contribution in [0.3, 0.4) is 0 Å². The van der Waals surface area contributed by atoms with Crippen LogP contribution < -0.4 is 0 Å². The van der Waals surface area contributed by atoms with Crippen molar-refractivity contribution in [2.75, 3.05) is 0 Å². The molecule has 18 heavy (non-hydrogen) atoms. The highest BCUT2D eigenvalue weighted by Gasteiger charge is 2.13. The molecule has 0 fully saturated rings. The van der Waals surface area contributed by atoms with Crippen LogP contribution in [0.5, 0.6) is 0 Å². The highest BCUT2D eigenvalue weighted by atomic mass is 35.5. The maximum atomic E-state index is 6.43. The Labute approximate surface area is 111 Å². The van der Waals surface area contributed by atoms with Gasteiger partial charge in [0.25, 0.3) is 0 Å². The van der Waals surface area contributed by atoms with Crippen molar-refractivity contribution in [2.24, 2.45) is 0 Å². The molecule has 1 heterocycles. The summed E-state index contributed by atoms with van der Waals surface area (Å²) in [5, 5.41) is 1.70.